The second-order valence-corrected chi connectivity index (χ2v) is 5.42. The summed E-state index contributed by atoms with van der Waals surface area (Å²) in [5.74, 6) is 1.01. The van der Waals surface area contributed by atoms with E-state index in [-0.39, 0.29) is 5.97 Å². The minimum absolute atomic E-state index is 0.389. The van der Waals surface area contributed by atoms with Crippen molar-refractivity contribution in [1.29, 1.82) is 0 Å². The Morgan fingerprint density at radius 3 is 2.35 bits per heavy atom. The van der Waals surface area contributed by atoms with E-state index in [2.05, 4.69) is 6.92 Å². The van der Waals surface area contributed by atoms with Gasteiger partial charge in [-0.15, -0.1) is 0 Å². The maximum absolute atomic E-state index is 11.9. The monoisotopic (exact) mass is 310 g/mol. The van der Waals surface area contributed by atoms with E-state index in [0.29, 0.717) is 12.4 Å². The molecule has 2 aromatic rings. The van der Waals surface area contributed by atoms with Crippen molar-refractivity contribution in [2.24, 2.45) is 0 Å². The van der Waals surface area contributed by atoms with Crippen LogP contribution < -0.4 is 9.47 Å². The van der Waals surface area contributed by atoms with Gasteiger partial charge in [0.2, 0.25) is 0 Å². The van der Waals surface area contributed by atoms with Crippen LogP contribution in [0.3, 0.4) is 0 Å². The zero-order chi connectivity index (χ0) is 16.7. The van der Waals surface area contributed by atoms with Gasteiger partial charge in [0.15, 0.2) is 0 Å². The predicted molar refractivity (Wildman–Crippen MR) is 92.8 cm³/mol. The van der Waals surface area contributed by atoms with Gasteiger partial charge in [-0.05, 0) is 67.3 Å². The molecule has 0 aliphatic carbocycles. The number of carbonyl (C=O) groups excluding carboxylic acids is 1. The summed E-state index contributed by atoms with van der Waals surface area (Å²) in [5, 5.41) is 0. The van der Waals surface area contributed by atoms with E-state index in [0.717, 1.165) is 23.3 Å². The van der Waals surface area contributed by atoms with Crippen LogP contribution in [0.25, 0.3) is 6.08 Å². The fraction of sp³-hybridized carbons (Fsp3) is 0.250. The third kappa shape index (κ3) is 5.29. The Kier molecular flexibility index (Phi) is 5.98. The first-order valence-electron chi connectivity index (χ1n) is 7.78. The van der Waals surface area contributed by atoms with Crippen molar-refractivity contribution in [2.45, 2.75) is 27.2 Å². The Morgan fingerprint density at radius 2 is 1.70 bits per heavy atom. The standard InChI is InChI=1S/C20H22O3/c1-4-13-22-18-10-6-17(7-11-18)8-12-20(21)23-19-9-5-15(2)16(3)14-19/h5-12,14H,4,13H2,1-3H3/b12-8+. The largest absolute Gasteiger partial charge is 0.494 e. The van der Waals surface area contributed by atoms with Crippen molar-refractivity contribution in [3.63, 3.8) is 0 Å². The van der Waals surface area contributed by atoms with Crippen LogP contribution in [0.5, 0.6) is 11.5 Å². The van der Waals surface area contributed by atoms with E-state index < -0.39 is 0 Å². The number of ether oxygens (including phenoxy) is 2. The third-order valence-corrected chi connectivity index (χ3v) is 3.46. The first-order valence-corrected chi connectivity index (χ1v) is 7.78. The van der Waals surface area contributed by atoms with Gasteiger partial charge in [0.1, 0.15) is 11.5 Å². The van der Waals surface area contributed by atoms with E-state index >= 15 is 0 Å². The highest BCUT2D eigenvalue weighted by molar-refractivity contribution is 5.88. The smallest absolute Gasteiger partial charge is 0.336 e. The van der Waals surface area contributed by atoms with Crippen molar-refractivity contribution in [1.82, 2.24) is 0 Å². The lowest BCUT2D eigenvalue weighted by atomic mass is 10.1. The summed E-state index contributed by atoms with van der Waals surface area (Å²) in [7, 11) is 0. The normalized spacial score (nSPS) is 10.7. The number of hydrogen-bond acceptors (Lipinski definition) is 3. The van der Waals surface area contributed by atoms with E-state index in [9.17, 15) is 4.79 Å². The van der Waals surface area contributed by atoms with Crippen LogP contribution in [0.2, 0.25) is 0 Å². The molecule has 23 heavy (non-hydrogen) atoms. The Bertz CT molecular complexity index is 685. The minimum Gasteiger partial charge on any atom is -0.494 e. The Hall–Kier alpha value is -2.55. The van der Waals surface area contributed by atoms with E-state index in [4.69, 9.17) is 9.47 Å². The molecule has 0 atom stereocenters. The van der Waals surface area contributed by atoms with Gasteiger partial charge < -0.3 is 9.47 Å². The van der Waals surface area contributed by atoms with Crippen molar-refractivity contribution >= 4 is 12.0 Å². The van der Waals surface area contributed by atoms with Gasteiger partial charge in [0.25, 0.3) is 0 Å². The van der Waals surface area contributed by atoms with E-state index in [1.807, 2.05) is 50.2 Å². The zero-order valence-corrected chi connectivity index (χ0v) is 13.8. The molecule has 2 aromatic carbocycles. The highest BCUT2D eigenvalue weighted by atomic mass is 16.5. The van der Waals surface area contributed by atoms with Crippen LogP contribution >= 0.6 is 0 Å². The molecule has 0 saturated carbocycles. The summed E-state index contributed by atoms with van der Waals surface area (Å²) in [6.07, 6.45) is 4.13. The quantitative estimate of drug-likeness (QED) is 0.440. The Balaban J connectivity index is 1.93. The molecule has 0 N–H and O–H groups in total. The molecule has 2 rings (SSSR count). The van der Waals surface area contributed by atoms with Crippen LogP contribution in [-0.2, 0) is 4.79 Å². The number of esters is 1. The zero-order valence-electron chi connectivity index (χ0n) is 13.8. The van der Waals surface area contributed by atoms with Gasteiger partial charge in [-0.1, -0.05) is 25.1 Å². The van der Waals surface area contributed by atoms with E-state index in [1.165, 1.54) is 11.6 Å². The summed E-state index contributed by atoms with van der Waals surface area (Å²) in [4.78, 5) is 11.9. The highest BCUT2D eigenvalue weighted by Crippen LogP contribution is 2.17. The van der Waals surface area contributed by atoms with Gasteiger partial charge in [-0.25, -0.2) is 4.79 Å². The molecular weight excluding hydrogens is 288 g/mol. The molecule has 0 fully saturated rings. The van der Waals surface area contributed by atoms with Gasteiger partial charge in [-0.3, -0.25) is 0 Å². The number of benzene rings is 2. The topological polar surface area (TPSA) is 35.5 Å². The second kappa shape index (κ2) is 8.18. The number of aryl methyl sites for hydroxylation is 2. The predicted octanol–water partition coefficient (Wildman–Crippen LogP) is 4.71. The molecule has 0 unspecified atom stereocenters. The summed E-state index contributed by atoms with van der Waals surface area (Å²) in [6, 6.07) is 13.2. The van der Waals surface area contributed by atoms with Crippen molar-refractivity contribution in [2.75, 3.05) is 6.61 Å². The Morgan fingerprint density at radius 1 is 1.00 bits per heavy atom. The molecular formula is C20H22O3. The number of hydrogen-bond donors (Lipinski definition) is 0. The second-order valence-electron chi connectivity index (χ2n) is 5.42. The van der Waals surface area contributed by atoms with Crippen LogP contribution in [0.15, 0.2) is 48.5 Å². The lowest BCUT2D eigenvalue weighted by Gasteiger charge is -2.05. The molecule has 0 bridgehead atoms. The molecule has 0 heterocycles. The van der Waals surface area contributed by atoms with Crippen LogP contribution in [0.1, 0.15) is 30.0 Å². The maximum atomic E-state index is 11.9. The van der Waals surface area contributed by atoms with Gasteiger partial charge in [0, 0.05) is 6.08 Å². The molecule has 0 aliphatic rings. The molecule has 3 nitrogen and oxygen atoms in total. The molecule has 0 spiro atoms. The summed E-state index contributed by atoms with van der Waals surface area (Å²) in [6.45, 7) is 6.79. The minimum atomic E-state index is -0.389. The Labute approximate surface area is 137 Å². The van der Waals surface area contributed by atoms with Gasteiger partial charge in [-0.2, -0.15) is 0 Å². The average Bonchev–Trinajstić information content (AvgIpc) is 2.55. The van der Waals surface area contributed by atoms with Crippen molar-refractivity contribution in [3.8, 4) is 11.5 Å². The van der Waals surface area contributed by atoms with Crippen molar-refractivity contribution in [3.05, 3.63) is 65.2 Å². The first kappa shape index (κ1) is 16.8. The van der Waals surface area contributed by atoms with Crippen LogP contribution in [-0.4, -0.2) is 12.6 Å². The van der Waals surface area contributed by atoms with Gasteiger partial charge >= 0.3 is 5.97 Å². The molecule has 0 aromatic heterocycles. The van der Waals surface area contributed by atoms with Crippen molar-refractivity contribution < 1.29 is 14.3 Å². The first-order chi connectivity index (χ1) is 11.1. The van der Waals surface area contributed by atoms with E-state index in [1.54, 1.807) is 12.1 Å². The summed E-state index contributed by atoms with van der Waals surface area (Å²) in [5.41, 5.74) is 3.19. The molecule has 0 amide bonds. The maximum Gasteiger partial charge on any atom is 0.336 e. The number of rotatable bonds is 6. The lowest BCUT2D eigenvalue weighted by Crippen LogP contribution is -2.03. The molecule has 0 aliphatic heterocycles. The lowest BCUT2D eigenvalue weighted by molar-refractivity contribution is -0.128. The average molecular weight is 310 g/mol. The fourth-order valence-corrected chi connectivity index (χ4v) is 1.99. The third-order valence-electron chi connectivity index (χ3n) is 3.46. The molecule has 0 saturated heterocycles. The summed E-state index contributed by atoms with van der Waals surface area (Å²) < 4.78 is 10.8. The fourth-order valence-electron chi connectivity index (χ4n) is 1.99. The molecule has 0 radical (unpaired) electrons. The van der Waals surface area contributed by atoms with Crippen LogP contribution in [0.4, 0.5) is 0 Å². The highest BCUT2D eigenvalue weighted by Gasteiger charge is 2.02. The summed E-state index contributed by atoms with van der Waals surface area (Å²) >= 11 is 0. The molecule has 3 heteroatoms. The number of carbonyl (C=O) groups is 1. The van der Waals surface area contributed by atoms with Crippen LogP contribution in [0, 0.1) is 13.8 Å². The van der Waals surface area contributed by atoms with Gasteiger partial charge in [0.05, 0.1) is 6.61 Å². The molecule has 120 valence electrons. The SMILES string of the molecule is CCCOc1ccc(/C=C/C(=O)Oc2ccc(C)c(C)c2)cc1.